The summed E-state index contributed by atoms with van der Waals surface area (Å²) in [5, 5.41) is 0. The van der Waals surface area contributed by atoms with Gasteiger partial charge in [0.2, 0.25) is 0 Å². The van der Waals surface area contributed by atoms with Crippen molar-refractivity contribution in [2.45, 2.75) is 19.8 Å². The maximum Gasteiger partial charge on any atom is 0.138 e. The van der Waals surface area contributed by atoms with Crippen LogP contribution in [0.4, 0.5) is 0 Å². The summed E-state index contributed by atoms with van der Waals surface area (Å²) >= 11 is 7.53. The molecule has 1 aliphatic heterocycles. The lowest BCUT2D eigenvalue weighted by molar-refractivity contribution is -0.125. The number of thiophene rings is 1. The van der Waals surface area contributed by atoms with Gasteiger partial charge in [-0.3, -0.25) is 4.79 Å². The molecule has 0 radical (unpaired) electrons. The first-order chi connectivity index (χ1) is 7.65. The first-order valence-electron chi connectivity index (χ1n) is 5.64. The van der Waals surface area contributed by atoms with Gasteiger partial charge in [0.1, 0.15) is 5.78 Å². The third-order valence-corrected chi connectivity index (χ3v) is 4.35. The smallest absolute Gasteiger partial charge is 0.138 e. The van der Waals surface area contributed by atoms with Gasteiger partial charge < -0.3 is 4.90 Å². The maximum atomic E-state index is 11.4. The average Bonchev–Trinajstić information content (AvgIpc) is 2.66. The zero-order valence-electron chi connectivity index (χ0n) is 9.41. The number of hydrogen-bond donors (Lipinski definition) is 0. The SMILES string of the molecule is CC1CN(CCc2ccc(Cl)s2)CCC1=O. The fourth-order valence-corrected chi connectivity index (χ4v) is 3.13. The molecule has 1 atom stereocenters. The van der Waals surface area contributed by atoms with Crippen molar-refractivity contribution in [3.63, 3.8) is 0 Å². The van der Waals surface area contributed by atoms with Gasteiger partial charge in [-0.1, -0.05) is 18.5 Å². The lowest BCUT2D eigenvalue weighted by Gasteiger charge is -2.29. The molecular formula is C12H16ClNOS. The average molecular weight is 258 g/mol. The quantitative estimate of drug-likeness (QED) is 0.830. The predicted molar refractivity (Wildman–Crippen MR) is 68.3 cm³/mol. The minimum absolute atomic E-state index is 0.209. The molecule has 0 amide bonds. The normalized spacial score (nSPS) is 22.6. The molecule has 1 fully saturated rings. The maximum absolute atomic E-state index is 11.4. The molecule has 1 unspecified atom stereocenters. The van der Waals surface area contributed by atoms with Crippen molar-refractivity contribution in [1.82, 2.24) is 4.90 Å². The molecule has 1 saturated heterocycles. The minimum Gasteiger partial charge on any atom is -0.302 e. The van der Waals surface area contributed by atoms with E-state index in [1.807, 2.05) is 13.0 Å². The predicted octanol–water partition coefficient (Wildman–Crippen LogP) is 2.85. The van der Waals surface area contributed by atoms with Gasteiger partial charge in [0.25, 0.3) is 0 Å². The molecule has 0 saturated carbocycles. The number of piperidine rings is 1. The lowest BCUT2D eigenvalue weighted by Crippen LogP contribution is -2.40. The molecule has 0 N–H and O–H groups in total. The Balaban J connectivity index is 1.80. The van der Waals surface area contributed by atoms with Crippen molar-refractivity contribution >= 4 is 28.7 Å². The van der Waals surface area contributed by atoms with E-state index in [-0.39, 0.29) is 5.92 Å². The Kier molecular flexibility index (Phi) is 4.00. The topological polar surface area (TPSA) is 20.3 Å². The molecule has 2 nitrogen and oxygen atoms in total. The summed E-state index contributed by atoms with van der Waals surface area (Å²) < 4.78 is 0.859. The van der Waals surface area contributed by atoms with Crippen LogP contribution >= 0.6 is 22.9 Å². The number of halogens is 1. The van der Waals surface area contributed by atoms with Crippen molar-refractivity contribution < 1.29 is 4.79 Å². The zero-order valence-corrected chi connectivity index (χ0v) is 11.0. The van der Waals surface area contributed by atoms with E-state index >= 15 is 0 Å². The summed E-state index contributed by atoms with van der Waals surface area (Å²) in [7, 11) is 0. The van der Waals surface area contributed by atoms with Gasteiger partial charge in [-0.15, -0.1) is 11.3 Å². The Bertz CT molecular complexity index is 377. The van der Waals surface area contributed by atoms with Gasteiger partial charge in [0.05, 0.1) is 4.34 Å². The largest absolute Gasteiger partial charge is 0.302 e. The van der Waals surface area contributed by atoms with Crippen molar-refractivity contribution in [2.24, 2.45) is 5.92 Å². The van der Waals surface area contributed by atoms with Gasteiger partial charge in [-0.2, -0.15) is 0 Å². The molecule has 0 spiro atoms. The molecule has 0 aliphatic carbocycles. The van der Waals surface area contributed by atoms with Crippen molar-refractivity contribution in [3.8, 4) is 0 Å². The fraction of sp³-hybridized carbons (Fsp3) is 0.583. The summed E-state index contributed by atoms with van der Waals surface area (Å²) in [4.78, 5) is 15.1. The third-order valence-electron chi connectivity index (χ3n) is 3.06. The molecular weight excluding hydrogens is 242 g/mol. The summed E-state index contributed by atoms with van der Waals surface area (Å²) in [6, 6.07) is 4.04. The monoisotopic (exact) mass is 257 g/mol. The zero-order chi connectivity index (χ0) is 11.5. The highest BCUT2D eigenvalue weighted by Crippen LogP contribution is 2.22. The van der Waals surface area contributed by atoms with Crippen LogP contribution < -0.4 is 0 Å². The molecule has 1 aromatic rings. The number of carbonyl (C=O) groups excluding carboxylic acids is 1. The van der Waals surface area contributed by atoms with E-state index in [0.29, 0.717) is 12.2 Å². The minimum atomic E-state index is 0.209. The Morgan fingerprint density at radius 2 is 2.38 bits per heavy atom. The highest BCUT2D eigenvalue weighted by molar-refractivity contribution is 7.16. The molecule has 0 aromatic carbocycles. The second kappa shape index (κ2) is 5.30. The van der Waals surface area contributed by atoms with Crippen molar-refractivity contribution in [2.75, 3.05) is 19.6 Å². The first kappa shape index (κ1) is 12.1. The molecule has 4 heteroatoms. The fourth-order valence-electron chi connectivity index (χ4n) is 2.05. The summed E-state index contributed by atoms with van der Waals surface area (Å²) in [5.41, 5.74) is 0. The summed E-state index contributed by atoms with van der Waals surface area (Å²) in [5.74, 6) is 0.621. The van der Waals surface area contributed by atoms with Crippen LogP contribution in [0.1, 0.15) is 18.2 Å². The second-order valence-electron chi connectivity index (χ2n) is 4.37. The number of rotatable bonds is 3. The Morgan fingerprint density at radius 1 is 1.56 bits per heavy atom. The highest BCUT2D eigenvalue weighted by Gasteiger charge is 2.22. The molecule has 88 valence electrons. The number of likely N-dealkylation sites (tertiary alicyclic amines) is 1. The van der Waals surface area contributed by atoms with Gasteiger partial charge in [0.15, 0.2) is 0 Å². The van der Waals surface area contributed by atoms with Crippen LogP contribution in [0.5, 0.6) is 0 Å². The second-order valence-corrected chi connectivity index (χ2v) is 6.17. The van der Waals surface area contributed by atoms with Crippen molar-refractivity contribution in [1.29, 1.82) is 0 Å². The van der Waals surface area contributed by atoms with Gasteiger partial charge in [-0.25, -0.2) is 0 Å². The summed E-state index contributed by atoms with van der Waals surface area (Å²) in [6.45, 7) is 4.89. The molecule has 2 heterocycles. The van der Waals surface area contributed by atoms with E-state index in [4.69, 9.17) is 11.6 Å². The Morgan fingerprint density at radius 3 is 3.00 bits per heavy atom. The van der Waals surface area contributed by atoms with E-state index in [9.17, 15) is 4.79 Å². The Hall–Kier alpha value is -0.380. The standard InChI is InChI=1S/C12H16ClNOS/c1-9-8-14(7-5-11(9)15)6-4-10-2-3-12(13)16-10/h2-3,9H,4-8H2,1H3. The van der Waals surface area contributed by atoms with Crippen LogP contribution in [0, 0.1) is 5.92 Å². The number of carbonyl (C=O) groups is 1. The lowest BCUT2D eigenvalue weighted by atomic mass is 9.98. The van der Waals surface area contributed by atoms with E-state index in [2.05, 4.69) is 11.0 Å². The van der Waals surface area contributed by atoms with Crippen LogP contribution in [0.3, 0.4) is 0 Å². The number of Topliss-reactive ketones (excluding diaryl/α,β-unsaturated/α-hetero) is 1. The molecule has 1 aliphatic rings. The van der Waals surface area contributed by atoms with Crippen LogP contribution in [0.25, 0.3) is 0 Å². The molecule has 2 rings (SSSR count). The molecule has 1 aromatic heterocycles. The van der Waals surface area contributed by atoms with Gasteiger partial charge in [-0.05, 0) is 18.6 Å². The van der Waals surface area contributed by atoms with E-state index in [1.54, 1.807) is 11.3 Å². The summed E-state index contributed by atoms with van der Waals surface area (Å²) in [6.07, 6.45) is 1.75. The van der Waals surface area contributed by atoms with Crippen LogP contribution in [0.2, 0.25) is 4.34 Å². The van der Waals surface area contributed by atoms with Gasteiger partial charge >= 0.3 is 0 Å². The molecule has 0 bridgehead atoms. The highest BCUT2D eigenvalue weighted by atomic mass is 35.5. The van der Waals surface area contributed by atoms with Crippen LogP contribution in [-0.2, 0) is 11.2 Å². The van der Waals surface area contributed by atoms with Crippen LogP contribution in [0.15, 0.2) is 12.1 Å². The number of hydrogen-bond acceptors (Lipinski definition) is 3. The van der Waals surface area contributed by atoms with E-state index in [1.165, 1.54) is 4.88 Å². The first-order valence-corrected chi connectivity index (χ1v) is 6.84. The molecule has 16 heavy (non-hydrogen) atoms. The van der Waals surface area contributed by atoms with Crippen LogP contribution in [-0.4, -0.2) is 30.3 Å². The van der Waals surface area contributed by atoms with Gasteiger partial charge in [0, 0.05) is 36.9 Å². The third kappa shape index (κ3) is 3.06. The Labute approximate surface area is 105 Å². The van der Waals surface area contributed by atoms with E-state index in [0.717, 1.165) is 30.4 Å². The van der Waals surface area contributed by atoms with Crippen molar-refractivity contribution in [3.05, 3.63) is 21.3 Å². The number of nitrogens with zero attached hydrogens (tertiary/aromatic N) is 1. The van der Waals surface area contributed by atoms with E-state index < -0.39 is 0 Å². The number of ketones is 1.